The second kappa shape index (κ2) is 6.37. The number of rotatable bonds is 4. The lowest BCUT2D eigenvalue weighted by Crippen LogP contribution is -2.11. The number of aromatic nitrogens is 2. The average molecular weight is 321 g/mol. The molecule has 0 aliphatic carbocycles. The molecule has 0 fully saturated rings. The quantitative estimate of drug-likeness (QED) is 0.589. The maximum Gasteiger partial charge on any atom is 0.283 e. The first-order valence-corrected chi connectivity index (χ1v) is 7.05. The van der Waals surface area contributed by atoms with E-state index in [1.807, 2.05) is 6.07 Å². The predicted molar refractivity (Wildman–Crippen MR) is 89.2 cm³/mol. The number of nitrogens with zero attached hydrogens (tertiary/aromatic N) is 2. The fourth-order valence-electron chi connectivity index (χ4n) is 2.28. The lowest BCUT2D eigenvalue weighted by molar-refractivity contribution is -0.114. The molecule has 24 heavy (non-hydrogen) atoms. The number of nitrogens with one attached hydrogen (secondary N) is 1. The number of amides is 1. The highest BCUT2D eigenvalue weighted by molar-refractivity contribution is 6.07. The van der Waals surface area contributed by atoms with Crippen LogP contribution in [-0.4, -0.2) is 22.2 Å². The summed E-state index contributed by atoms with van der Waals surface area (Å²) in [5, 5.41) is 3.08. The SMILES string of the molecule is C=C(F)C(=O)Nc1ccnc2ccc(-c3cccc(C=O)n3)cc12. The first-order valence-electron chi connectivity index (χ1n) is 7.05. The molecule has 0 bridgehead atoms. The van der Waals surface area contributed by atoms with Crippen LogP contribution in [0.25, 0.3) is 22.2 Å². The Bertz CT molecular complexity index is 969. The molecule has 0 saturated heterocycles. The van der Waals surface area contributed by atoms with Crippen LogP contribution in [0.1, 0.15) is 10.5 Å². The standard InChI is InChI=1S/C18H12FN3O2/c1-11(19)18(24)22-17-7-8-20-16-6-5-12(9-14(16)17)15-4-2-3-13(10-23)21-15/h2-10H,1H2,(H,20,22,24). The van der Waals surface area contributed by atoms with Gasteiger partial charge in [0.2, 0.25) is 0 Å². The smallest absolute Gasteiger partial charge is 0.283 e. The summed E-state index contributed by atoms with van der Waals surface area (Å²) in [5.41, 5.74) is 2.72. The molecule has 3 aromatic rings. The maximum atomic E-state index is 12.9. The molecule has 0 radical (unpaired) electrons. The van der Waals surface area contributed by atoms with Crippen molar-refractivity contribution in [3.05, 3.63) is 66.8 Å². The van der Waals surface area contributed by atoms with Crippen LogP contribution >= 0.6 is 0 Å². The van der Waals surface area contributed by atoms with Gasteiger partial charge in [0.25, 0.3) is 5.91 Å². The monoisotopic (exact) mass is 321 g/mol. The van der Waals surface area contributed by atoms with Crippen molar-refractivity contribution >= 4 is 28.8 Å². The summed E-state index contributed by atoms with van der Waals surface area (Å²) in [7, 11) is 0. The zero-order chi connectivity index (χ0) is 17.1. The molecule has 1 amide bonds. The van der Waals surface area contributed by atoms with Gasteiger partial charge in [0, 0.05) is 17.1 Å². The van der Waals surface area contributed by atoms with Crippen LogP contribution in [0, 0.1) is 0 Å². The second-order valence-electron chi connectivity index (χ2n) is 5.02. The van der Waals surface area contributed by atoms with E-state index < -0.39 is 11.7 Å². The minimum absolute atomic E-state index is 0.320. The Kier molecular flexibility index (Phi) is 4.11. The van der Waals surface area contributed by atoms with Crippen molar-refractivity contribution < 1.29 is 14.0 Å². The summed E-state index contributed by atoms with van der Waals surface area (Å²) in [6, 6.07) is 12.0. The molecular weight excluding hydrogens is 309 g/mol. The fourth-order valence-corrected chi connectivity index (χ4v) is 2.28. The van der Waals surface area contributed by atoms with Gasteiger partial charge >= 0.3 is 0 Å². The Labute approximate surface area is 136 Å². The zero-order valence-electron chi connectivity index (χ0n) is 12.5. The lowest BCUT2D eigenvalue weighted by Gasteiger charge is -2.09. The van der Waals surface area contributed by atoms with Crippen molar-refractivity contribution in [1.29, 1.82) is 0 Å². The van der Waals surface area contributed by atoms with Crippen molar-refractivity contribution in [3.63, 3.8) is 0 Å². The fraction of sp³-hybridized carbons (Fsp3) is 0. The molecule has 0 atom stereocenters. The molecule has 0 aliphatic heterocycles. The Balaban J connectivity index is 2.10. The van der Waals surface area contributed by atoms with Crippen molar-refractivity contribution in [3.8, 4) is 11.3 Å². The van der Waals surface area contributed by atoms with Gasteiger partial charge in [-0.15, -0.1) is 0 Å². The van der Waals surface area contributed by atoms with Crippen molar-refractivity contribution in [1.82, 2.24) is 9.97 Å². The van der Waals surface area contributed by atoms with E-state index >= 15 is 0 Å². The van der Waals surface area contributed by atoms with E-state index in [4.69, 9.17) is 0 Å². The largest absolute Gasteiger partial charge is 0.319 e. The van der Waals surface area contributed by atoms with Gasteiger partial charge in [-0.1, -0.05) is 18.7 Å². The molecule has 3 rings (SSSR count). The van der Waals surface area contributed by atoms with Gasteiger partial charge in [-0.3, -0.25) is 14.6 Å². The topological polar surface area (TPSA) is 72.0 Å². The molecule has 118 valence electrons. The van der Waals surface area contributed by atoms with Crippen LogP contribution in [0.4, 0.5) is 10.1 Å². The van der Waals surface area contributed by atoms with Crippen molar-refractivity contribution in [2.75, 3.05) is 5.32 Å². The number of anilines is 1. The van der Waals surface area contributed by atoms with E-state index in [2.05, 4.69) is 21.9 Å². The summed E-state index contributed by atoms with van der Waals surface area (Å²) >= 11 is 0. The Hall–Kier alpha value is -3.41. The maximum absolute atomic E-state index is 12.9. The van der Waals surface area contributed by atoms with E-state index in [-0.39, 0.29) is 0 Å². The van der Waals surface area contributed by atoms with Gasteiger partial charge in [-0.2, -0.15) is 0 Å². The van der Waals surface area contributed by atoms with Crippen molar-refractivity contribution in [2.45, 2.75) is 0 Å². The number of carbonyl (C=O) groups is 2. The van der Waals surface area contributed by atoms with Crippen LogP contribution < -0.4 is 5.32 Å². The molecule has 1 aromatic carbocycles. The number of aldehydes is 1. The molecule has 2 aromatic heterocycles. The van der Waals surface area contributed by atoms with E-state index in [0.29, 0.717) is 34.3 Å². The van der Waals surface area contributed by atoms with E-state index in [1.165, 1.54) is 6.20 Å². The van der Waals surface area contributed by atoms with Gasteiger partial charge in [0.15, 0.2) is 12.1 Å². The Morgan fingerprint density at radius 3 is 2.79 bits per heavy atom. The first-order chi connectivity index (χ1) is 11.6. The number of fused-ring (bicyclic) bond motifs is 1. The Morgan fingerprint density at radius 2 is 2.04 bits per heavy atom. The van der Waals surface area contributed by atoms with Gasteiger partial charge in [-0.05, 0) is 30.3 Å². The third-order valence-corrected chi connectivity index (χ3v) is 3.42. The number of halogens is 1. The summed E-state index contributed by atoms with van der Waals surface area (Å²) < 4.78 is 12.9. The van der Waals surface area contributed by atoms with Crippen LogP contribution in [0.15, 0.2) is 61.1 Å². The highest BCUT2D eigenvalue weighted by atomic mass is 19.1. The van der Waals surface area contributed by atoms with Crippen molar-refractivity contribution in [2.24, 2.45) is 0 Å². The number of hydrogen-bond donors (Lipinski definition) is 1. The zero-order valence-corrected chi connectivity index (χ0v) is 12.5. The van der Waals surface area contributed by atoms with Gasteiger partial charge < -0.3 is 5.32 Å². The molecule has 1 N–H and O–H groups in total. The van der Waals surface area contributed by atoms with Gasteiger partial charge in [0.1, 0.15) is 5.69 Å². The highest BCUT2D eigenvalue weighted by Crippen LogP contribution is 2.27. The molecule has 5 nitrogen and oxygen atoms in total. The third kappa shape index (κ3) is 3.03. The van der Waals surface area contributed by atoms with Gasteiger partial charge in [0.05, 0.1) is 16.9 Å². The molecule has 0 spiro atoms. The summed E-state index contributed by atoms with van der Waals surface area (Å²) in [4.78, 5) is 30.9. The molecule has 6 heteroatoms. The minimum atomic E-state index is -1.07. The minimum Gasteiger partial charge on any atom is -0.319 e. The predicted octanol–water partition coefficient (Wildman–Crippen LogP) is 3.53. The van der Waals surface area contributed by atoms with E-state index in [1.54, 1.807) is 36.4 Å². The number of hydrogen-bond acceptors (Lipinski definition) is 4. The van der Waals surface area contributed by atoms with Crippen LogP contribution in [0.5, 0.6) is 0 Å². The van der Waals surface area contributed by atoms with E-state index in [0.717, 1.165) is 5.56 Å². The van der Waals surface area contributed by atoms with Gasteiger partial charge in [-0.25, -0.2) is 9.37 Å². The van der Waals surface area contributed by atoms with E-state index in [9.17, 15) is 14.0 Å². The lowest BCUT2D eigenvalue weighted by atomic mass is 10.1. The summed E-state index contributed by atoms with van der Waals surface area (Å²) in [5.74, 6) is -1.98. The van der Waals surface area contributed by atoms with Crippen LogP contribution in [-0.2, 0) is 4.79 Å². The molecule has 2 heterocycles. The van der Waals surface area contributed by atoms with Crippen LogP contribution in [0.2, 0.25) is 0 Å². The first kappa shape index (κ1) is 15.5. The van der Waals surface area contributed by atoms with Crippen LogP contribution in [0.3, 0.4) is 0 Å². The molecular formula is C18H12FN3O2. The second-order valence-corrected chi connectivity index (χ2v) is 5.02. The molecule has 0 aliphatic rings. The average Bonchev–Trinajstić information content (AvgIpc) is 2.61. The summed E-state index contributed by atoms with van der Waals surface area (Å²) in [6.07, 6.45) is 2.19. The highest BCUT2D eigenvalue weighted by Gasteiger charge is 2.10. The number of benzene rings is 1. The normalized spacial score (nSPS) is 10.4. The number of carbonyl (C=O) groups excluding carboxylic acids is 2. The summed E-state index contributed by atoms with van der Waals surface area (Å²) in [6.45, 7) is 2.98. The molecule has 0 saturated carbocycles. The number of pyridine rings is 2. The Morgan fingerprint density at radius 1 is 1.21 bits per heavy atom. The molecule has 0 unspecified atom stereocenters. The third-order valence-electron chi connectivity index (χ3n) is 3.42.